The van der Waals surface area contributed by atoms with Gasteiger partial charge in [-0.25, -0.2) is 0 Å². The minimum Gasteiger partial charge on any atom is -0.435 e. The van der Waals surface area contributed by atoms with Crippen LogP contribution in [0.1, 0.15) is 30.0 Å². The fourth-order valence-corrected chi connectivity index (χ4v) is 2.65. The summed E-state index contributed by atoms with van der Waals surface area (Å²) < 4.78 is 33.8. The summed E-state index contributed by atoms with van der Waals surface area (Å²) in [7, 11) is 1.48. The van der Waals surface area contributed by atoms with Crippen molar-refractivity contribution in [2.45, 2.75) is 38.0 Å². The lowest BCUT2D eigenvalue weighted by Gasteiger charge is -2.27. The second-order valence-corrected chi connectivity index (χ2v) is 5.25. The van der Waals surface area contributed by atoms with Crippen LogP contribution in [0.3, 0.4) is 0 Å². The number of hydrogen-bond donors (Lipinski definition) is 2. The lowest BCUT2D eigenvalue weighted by molar-refractivity contribution is -0.124. The summed E-state index contributed by atoms with van der Waals surface area (Å²) in [6.07, 6.45) is 2.41. The molecule has 5 nitrogen and oxygen atoms in total. The number of halogens is 3. The Balaban J connectivity index is 0.00000264. The molecule has 2 atom stereocenters. The monoisotopic (exact) mass is 350 g/mol. The average Bonchev–Trinajstić information content (AvgIpc) is 2.46. The molecule has 0 saturated carbocycles. The third-order valence-electron chi connectivity index (χ3n) is 3.65. The van der Waals surface area contributed by atoms with Crippen molar-refractivity contribution in [1.82, 2.24) is 5.32 Å². The van der Waals surface area contributed by atoms with Crippen molar-refractivity contribution in [2.75, 3.05) is 13.7 Å². The summed E-state index contributed by atoms with van der Waals surface area (Å²) in [6.45, 7) is -2.70. The van der Waals surface area contributed by atoms with Gasteiger partial charge in [0.25, 0.3) is 0 Å². The molecule has 2 unspecified atom stereocenters. The quantitative estimate of drug-likeness (QED) is 0.824. The molecule has 1 aliphatic carbocycles. The molecule has 1 aromatic rings. The zero-order valence-corrected chi connectivity index (χ0v) is 13.6. The lowest BCUT2D eigenvalue weighted by atomic mass is 9.87. The van der Waals surface area contributed by atoms with E-state index in [0.29, 0.717) is 0 Å². The summed E-state index contributed by atoms with van der Waals surface area (Å²) in [5.74, 6) is -0.149. The highest BCUT2D eigenvalue weighted by molar-refractivity contribution is 5.85. The number of rotatable bonds is 6. The van der Waals surface area contributed by atoms with E-state index in [-0.39, 0.29) is 36.7 Å². The fraction of sp³-hybridized carbons (Fsp3) is 0.533. The Hall–Kier alpha value is -1.44. The molecule has 0 bridgehead atoms. The van der Waals surface area contributed by atoms with Crippen LogP contribution in [0.2, 0.25) is 0 Å². The van der Waals surface area contributed by atoms with Gasteiger partial charge in [-0.05, 0) is 42.5 Å². The van der Waals surface area contributed by atoms with Crippen LogP contribution in [0.5, 0.6) is 5.75 Å². The highest BCUT2D eigenvalue weighted by atomic mass is 35.5. The maximum atomic E-state index is 12.3. The van der Waals surface area contributed by atoms with Crippen molar-refractivity contribution in [3.8, 4) is 5.75 Å². The summed E-state index contributed by atoms with van der Waals surface area (Å²) >= 11 is 0. The van der Waals surface area contributed by atoms with Gasteiger partial charge in [0, 0.05) is 7.11 Å². The van der Waals surface area contributed by atoms with Crippen LogP contribution in [0.25, 0.3) is 0 Å². The number of nitrogens with one attached hydrogen (secondary N) is 1. The molecule has 0 radical (unpaired) electrons. The minimum atomic E-state index is -2.84. The first-order valence-electron chi connectivity index (χ1n) is 7.13. The number of aryl methyl sites for hydroxylation is 1. The number of fused-ring (bicyclic) bond motifs is 1. The molecule has 1 amide bonds. The number of carbonyl (C=O) groups excluding carboxylic acids is 1. The molecule has 1 aliphatic rings. The van der Waals surface area contributed by atoms with E-state index in [2.05, 4.69) is 10.1 Å². The first kappa shape index (κ1) is 19.6. The van der Waals surface area contributed by atoms with E-state index in [9.17, 15) is 13.6 Å². The number of ether oxygens (including phenoxy) is 2. The van der Waals surface area contributed by atoms with Gasteiger partial charge in [0.2, 0.25) is 5.91 Å². The molecule has 0 spiro atoms. The van der Waals surface area contributed by atoms with E-state index in [0.717, 1.165) is 30.4 Å². The van der Waals surface area contributed by atoms with E-state index in [1.807, 2.05) is 0 Å². The largest absolute Gasteiger partial charge is 0.435 e. The maximum absolute atomic E-state index is 12.3. The number of amides is 1. The molecule has 23 heavy (non-hydrogen) atoms. The maximum Gasteiger partial charge on any atom is 0.387 e. The smallest absolute Gasteiger partial charge is 0.387 e. The Kier molecular flexibility index (Phi) is 7.67. The first-order chi connectivity index (χ1) is 10.5. The zero-order valence-electron chi connectivity index (χ0n) is 12.8. The zero-order chi connectivity index (χ0) is 16.1. The Morgan fingerprint density at radius 3 is 2.87 bits per heavy atom. The predicted octanol–water partition coefficient (Wildman–Crippen LogP) is 2.18. The molecule has 0 fully saturated rings. The van der Waals surface area contributed by atoms with Crippen molar-refractivity contribution in [3.05, 3.63) is 29.3 Å². The van der Waals surface area contributed by atoms with Gasteiger partial charge >= 0.3 is 6.61 Å². The predicted molar refractivity (Wildman–Crippen MR) is 84.0 cm³/mol. The summed E-state index contributed by atoms with van der Waals surface area (Å²) in [4.78, 5) is 12.0. The highest BCUT2D eigenvalue weighted by Gasteiger charge is 2.24. The van der Waals surface area contributed by atoms with Crippen molar-refractivity contribution < 1.29 is 23.0 Å². The van der Waals surface area contributed by atoms with Gasteiger partial charge in [0.05, 0.1) is 12.6 Å². The Labute approximate surface area is 139 Å². The number of alkyl halides is 2. The SMILES string of the molecule is COCC(N)C(=O)NC1CCCc2cc(OC(F)F)ccc21.Cl. The normalized spacial score (nSPS) is 17.9. The molecular formula is C15H21ClF2N2O3. The molecule has 0 aliphatic heterocycles. The van der Waals surface area contributed by atoms with Gasteiger partial charge in [0.1, 0.15) is 11.8 Å². The van der Waals surface area contributed by atoms with Crippen LogP contribution in [0, 0.1) is 0 Å². The van der Waals surface area contributed by atoms with Crippen molar-refractivity contribution >= 4 is 18.3 Å². The molecule has 0 aromatic heterocycles. The van der Waals surface area contributed by atoms with Crippen molar-refractivity contribution in [1.29, 1.82) is 0 Å². The molecule has 1 aromatic carbocycles. The van der Waals surface area contributed by atoms with E-state index in [1.165, 1.54) is 13.2 Å². The van der Waals surface area contributed by atoms with Crippen molar-refractivity contribution in [2.24, 2.45) is 5.73 Å². The molecule has 3 N–H and O–H groups in total. The molecule has 8 heteroatoms. The van der Waals surface area contributed by atoms with Gasteiger partial charge < -0.3 is 20.5 Å². The lowest BCUT2D eigenvalue weighted by Crippen LogP contribution is -2.45. The average molecular weight is 351 g/mol. The summed E-state index contributed by atoms with van der Waals surface area (Å²) in [5, 5.41) is 2.89. The number of methoxy groups -OCH3 is 1. The second kappa shape index (κ2) is 9.00. The molecule has 0 saturated heterocycles. The topological polar surface area (TPSA) is 73.6 Å². The molecule has 2 rings (SSSR count). The van der Waals surface area contributed by atoms with Gasteiger partial charge in [-0.3, -0.25) is 4.79 Å². The van der Waals surface area contributed by atoms with Crippen LogP contribution in [0.4, 0.5) is 8.78 Å². The third-order valence-corrected chi connectivity index (χ3v) is 3.65. The van der Waals surface area contributed by atoms with E-state index >= 15 is 0 Å². The van der Waals surface area contributed by atoms with E-state index < -0.39 is 12.7 Å². The summed E-state index contributed by atoms with van der Waals surface area (Å²) in [6, 6.07) is 3.93. The van der Waals surface area contributed by atoms with Crippen LogP contribution in [-0.4, -0.2) is 32.3 Å². The number of nitrogens with two attached hydrogens (primary N) is 1. The van der Waals surface area contributed by atoms with E-state index in [1.54, 1.807) is 12.1 Å². The second-order valence-electron chi connectivity index (χ2n) is 5.25. The van der Waals surface area contributed by atoms with Gasteiger partial charge in [-0.15, -0.1) is 12.4 Å². The third kappa shape index (κ3) is 5.30. The molecule has 130 valence electrons. The first-order valence-corrected chi connectivity index (χ1v) is 7.13. The van der Waals surface area contributed by atoms with Crippen LogP contribution in [0.15, 0.2) is 18.2 Å². The minimum absolute atomic E-state index is 0. The van der Waals surface area contributed by atoms with Crippen molar-refractivity contribution in [3.63, 3.8) is 0 Å². The van der Waals surface area contributed by atoms with Gasteiger partial charge in [-0.2, -0.15) is 8.78 Å². The number of benzene rings is 1. The Morgan fingerprint density at radius 2 is 2.22 bits per heavy atom. The van der Waals surface area contributed by atoms with Crippen LogP contribution in [-0.2, 0) is 16.0 Å². The van der Waals surface area contributed by atoms with Crippen LogP contribution >= 0.6 is 12.4 Å². The number of hydrogen-bond acceptors (Lipinski definition) is 4. The fourth-order valence-electron chi connectivity index (χ4n) is 2.65. The summed E-state index contributed by atoms with van der Waals surface area (Å²) in [5.41, 5.74) is 7.54. The molecule has 0 heterocycles. The van der Waals surface area contributed by atoms with Gasteiger partial charge in [0.15, 0.2) is 0 Å². The Morgan fingerprint density at radius 1 is 1.48 bits per heavy atom. The van der Waals surface area contributed by atoms with Crippen LogP contribution < -0.4 is 15.8 Å². The highest BCUT2D eigenvalue weighted by Crippen LogP contribution is 2.32. The molecular weight excluding hydrogens is 330 g/mol. The Bertz CT molecular complexity index is 531. The van der Waals surface area contributed by atoms with E-state index in [4.69, 9.17) is 10.5 Å². The standard InChI is InChI=1S/C15H20F2N2O3.ClH/c1-21-8-12(18)14(20)19-13-4-2-3-9-7-10(22-15(16)17)5-6-11(9)13;/h5-7,12-13,15H,2-4,8,18H2,1H3,(H,19,20);1H. The van der Waals surface area contributed by atoms with Gasteiger partial charge in [-0.1, -0.05) is 6.07 Å². The number of carbonyl (C=O) groups is 1.